The molecule has 0 aliphatic heterocycles. The molecule has 0 saturated carbocycles. The number of hydrogen-bond acceptors (Lipinski definition) is 4. The first kappa shape index (κ1) is 15.0. The summed E-state index contributed by atoms with van der Waals surface area (Å²) in [5.41, 5.74) is 4.04. The number of rotatable bonds is 1. The van der Waals surface area contributed by atoms with Gasteiger partial charge in [-0.15, -0.1) is 0 Å². The summed E-state index contributed by atoms with van der Waals surface area (Å²) in [6, 6.07) is 7.48. The van der Waals surface area contributed by atoms with Gasteiger partial charge in [0.15, 0.2) is 11.8 Å². The van der Waals surface area contributed by atoms with E-state index in [1.807, 2.05) is 43.3 Å². The van der Waals surface area contributed by atoms with Crippen LogP contribution < -0.4 is 0 Å². The predicted octanol–water partition coefficient (Wildman–Crippen LogP) is 3.09. The number of benzene rings is 1. The minimum absolute atomic E-state index is 0.0236. The lowest BCUT2D eigenvalue weighted by Gasteiger charge is -2.31. The summed E-state index contributed by atoms with van der Waals surface area (Å²) in [5, 5.41) is 42.7. The minimum atomic E-state index is -0.422. The fourth-order valence-electron chi connectivity index (χ4n) is 4.35. The van der Waals surface area contributed by atoms with Crippen molar-refractivity contribution in [3.63, 3.8) is 0 Å². The number of aromatic nitrogens is 2. The molecule has 4 N–H and O–H groups in total. The zero-order valence-electron chi connectivity index (χ0n) is 14.3. The smallest absolute Gasteiger partial charge is 0.203 e. The Bertz CT molecular complexity index is 1040. The van der Waals surface area contributed by atoms with Crippen molar-refractivity contribution in [2.45, 2.75) is 18.8 Å². The molecule has 26 heavy (non-hydrogen) atoms. The lowest BCUT2D eigenvalue weighted by molar-refractivity contribution is 0.383. The maximum atomic E-state index is 10.9. The fourth-order valence-corrected chi connectivity index (χ4v) is 4.35. The highest BCUT2D eigenvalue weighted by molar-refractivity contribution is 5.72. The number of aromatic hydroxyl groups is 4. The van der Waals surface area contributed by atoms with Crippen molar-refractivity contribution in [3.05, 3.63) is 64.2 Å². The number of allylic oxidation sites excluding steroid dienone is 2. The lowest BCUT2D eigenvalue weighted by Crippen LogP contribution is -2.17. The molecule has 2 atom stereocenters. The van der Waals surface area contributed by atoms with Crippen LogP contribution >= 0.6 is 0 Å². The molecular formula is C20H18N2O4. The molecule has 132 valence electrons. The molecule has 2 bridgehead atoms. The second kappa shape index (κ2) is 4.66. The first-order chi connectivity index (χ1) is 12.4. The van der Waals surface area contributed by atoms with Crippen molar-refractivity contribution in [3.8, 4) is 29.2 Å². The van der Waals surface area contributed by atoms with Gasteiger partial charge in [0.1, 0.15) is 0 Å². The van der Waals surface area contributed by atoms with Gasteiger partial charge in [0, 0.05) is 41.1 Å². The average molecular weight is 350 g/mol. The van der Waals surface area contributed by atoms with Crippen LogP contribution in [0.15, 0.2) is 36.4 Å². The Kier molecular flexibility index (Phi) is 2.69. The van der Waals surface area contributed by atoms with Gasteiger partial charge >= 0.3 is 0 Å². The third-order valence-corrected chi connectivity index (χ3v) is 5.64. The highest BCUT2D eigenvalue weighted by Crippen LogP contribution is 2.60. The van der Waals surface area contributed by atoms with Crippen LogP contribution in [0.3, 0.4) is 0 Å². The maximum Gasteiger partial charge on any atom is 0.203 e. The monoisotopic (exact) mass is 350 g/mol. The highest BCUT2D eigenvalue weighted by Gasteiger charge is 2.46. The molecule has 6 rings (SSSR count). The SMILES string of the molecule is Cc1ccc(-n2c(O)c3c(c2O)C2C=CC3c3c2c(O)n(C)c3O)cc1. The zero-order chi connectivity index (χ0) is 18.3. The number of aryl methyl sites for hydroxylation is 1. The van der Waals surface area contributed by atoms with E-state index >= 15 is 0 Å². The van der Waals surface area contributed by atoms with Gasteiger partial charge in [-0.05, 0) is 19.1 Å². The standard InChI is InChI=1S/C20H18N2O4/c1-9-3-5-10(6-4-9)22-19(25)15-11-7-8-12(16(15)20(22)26)14-13(11)17(23)21(2)18(14)24/h3-8,11-12,23-26H,1-2H3. The molecule has 0 amide bonds. The van der Waals surface area contributed by atoms with Gasteiger partial charge in [0.2, 0.25) is 11.8 Å². The third-order valence-electron chi connectivity index (χ3n) is 5.64. The summed E-state index contributed by atoms with van der Waals surface area (Å²) in [6.07, 6.45) is 3.79. The third kappa shape index (κ3) is 1.57. The van der Waals surface area contributed by atoms with Crippen LogP contribution in [0.1, 0.15) is 39.7 Å². The van der Waals surface area contributed by atoms with E-state index in [-0.39, 0.29) is 23.5 Å². The fraction of sp³-hybridized carbons (Fsp3) is 0.200. The van der Waals surface area contributed by atoms with E-state index in [2.05, 4.69) is 0 Å². The lowest BCUT2D eigenvalue weighted by atomic mass is 9.70. The maximum absolute atomic E-state index is 10.9. The molecule has 3 aliphatic rings. The Balaban J connectivity index is 1.79. The van der Waals surface area contributed by atoms with Crippen molar-refractivity contribution in [1.82, 2.24) is 9.13 Å². The van der Waals surface area contributed by atoms with Crippen LogP contribution in [0.5, 0.6) is 23.5 Å². The molecule has 3 aromatic rings. The molecule has 6 nitrogen and oxygen atoms in total. The topological polar surface area (TPSA) is 90.8 Å². The van der Waals surface area contributed by atoms with E-state index in [4.69, 9.17) is 0 Å². The molecule has 0 saturated heterocycles. The van der Waals surface area contributed by atoms with Gasteiger partial charge in [-0.25, -0.2) is 0 Å². The van der Waals surface area contributed by atoms with Crippen LogP contribution in [-0.2, 0) is 7.05 Å². The Labute approximate surface area is 149 Å². The van der Waals surface area contributed by atoms with E-state index in [9.17, 15) is 20.4 Å². The summed E-state index contributed by atoms with van der Waals surface area (Å²) in [5.74, 6) is -0.985. The van der Waals surface area contributed by atoms with Crippen molar-refractivity contribution in [1.29, 1.82) is 0 Å². The summed E-state index contributed by atoms with van der Waals surface area (Å²) in [7, 11) is 1.58. The summed E-state index contributed by atoms with van der Waals surface area (Å²) in [6.45, 7) is 1.97. The van der Waals surface area contributed by atoms with Gasteiger partial charge < -0.3 is 20.4 Å². The zero-order valence-corrected chi connectivity index (χ0v) is 14.3. The molecular weight excluding hydrogens is 332 g/mol. The molecule has 0 fully saturated rings. The molecule has 1 aromatic carbocycles. The van der Waals surface area contributed by atoms with Crippen molar-refractivity contribution < 1.29 is 20.4 Å². The second-order valence-electron chi connectivity index (χ2n) is 7.02. The highest BCUT2D eigenvalue weighted by atomic mass is 16.3. The van der Waals surface area contributed by atoms with Gasteiger partial charge in [0.05, 0.1) is 5.69 Å². The van der Waals surface area contributed by atoms with Crippen LogP contribution in [0.4, 0.5) is 0 Å². The van der Waals surface area contributed by atoms with E-state index < -0.39 is 11.8 Å². The largest absolute Gasteiger partial charge is 0.494 e. The van der Waals surface area contributed by atoms with Crippen LogP contribution in [0.25, 0.3) is 5.69 Å². The Morgan fingerprint density at radius 2 is 1.12 bits per heavy atom. The van der Waals surface area contributed by atoms with Crippen molar-refractivity contribution in [2.75, 3.05) is 0 Å². The summed E-state index contributed by atoms with van der Waals surface area (Å²) >= 11 is 0. The Morgan fingerprint density at radius 1 is 0.692 bits per heavy atom. The average Bonchev–Trinajstić information content (AvgIpc) is 3.05. The first-order valence-corrected chi connectivity index (χ1v) is 8.44. The molecule has 2 aromatic heterocycles. The van der Waals surface area contributed by atoms with Gasteiger partial charge in [-0.3, -0.25) is 9.13 Å². The first-order valence-electron chi connectivity index (χ1n) is 8.44. The van der Waals surface area contributed by atoms with Crippen LogP contribution in [-0.4, -0.2) is 29.6 Å². The van der Waals surface area contributed by atoms with Crippen LogP contribution in [0, 0.1) is 6.92 Å². The minimum Gasteiger partial charge on any atom is -0.494 e. The second-order valence-corrected chi connectivity index (χ2v) is 7.02. The van der Waals surface area contributed by atoms with Gasteiger partial charge in [-0.1, -0.05) is 29.8 Å². The Morgan fingerprint density at radius 3 is 1.58 bits per heavy atom. The molecule has 0 spiro atoms. The van der Waals surface area contributed by atoms with Gasteiger partial charge in [0.25, 0.3) is 0 Å². The van der Waals surface area contributed by atoms with E-state index in [0.29, 0.717) is 27.9 Å². The molecule has 2 unspecified atom stereocenters. The van der Waals surface area contributed by atoms with E-state index in [0.717, 1.165) is 5.56 Å². The molecule has 6 heteroatoms. The van der Waals surface area contributed by atoms with E-state index in [1.54, 1.807) is 7.05 Å². The van der Waals surface area contributed by atoms with Crippen molar-refractivity contribution in [2.24, 2.45) is 7.05 Å². The molecule has 2 heterocycles. The van der Waals surface area contributed by atoms with Crippen LogP contribution in [0.2, 0.25) is 0 Å². The molecule has 0 radical (unpaired) electrons. The Hall–Kier alpha value is -3.28. The van der Waals surface area contributed by atoms with Crippen molar-refractivity contribution >= 4 is 0 Å². The van der Waals surface area contributed by atoms with E-state index in [1.165, 1.54) is 9.13 Å². The summed E-state index contributed by atoms with van der Waals surface area (Å²) in [4.78, 5) is 0. The quantitative estimate of drug-likeness (QED) is 0.508. The molecule has 3 aliphatic carbocycles. The van der Waals surface area contributed by atoms with Gasteiger partial charge in [-0.2, -0.15) is 0 Å². The number of nitrogens with zero attached hydrogens (tertiary/aromatic N) is 2. The predicted molar refractivity (Wildman–Crippen MR) is 95.4 cm³/mol. The number of hydrogen-bond donors (Lipinski definition) is 4. The normalized spacial score (nSPS) is 19.6. The summed E-state index contributed by atoms with van der Waals surface area (Å²) < 4.78 is 2.74.